The number of aromatic nitrogens is 5. The third kappa shape index (κ3) is 6.74. The Bertz CT molecular complexity index is 1990. The average molecular weight is 640 g/mol. The van der Waals surface area contributed by atoms with E-state index in [9.17, 15) is 14.4 Å². The molecule has 3 aromatic heterocycles. The van der Waals surface area contributed by atoms with E-state index in [1.165, 1.54) is 21.7 Å². The molecule has 0 spiro atoms. The lowest BCUT2D eigenvalue weighted by Crippen LogP contribution is -2.53. The van der Waals surface area contributed by atoms with Crippen molar-refractivity contribution in [2.45, 2.75) is 58.1 Å². The number of anilines is 1. The van der Waals surface area contributed by atoms with E-state index in [4.69, 9.17) is 9.84 Å². The molecule has 0 bridgehead atoms. The molecular weight excluding hydrogens is 605 g/mol. The van der Waals surface area contributed by atoms with Crippen LogP contribution >= 0.6 is 0 Å². The van der Waals surface area contributed by atoms with E-state index in [1.807, 2.05) is 6.07 Å². The van der Waals surface area contributed by atoms with Crippen LogP contribution < -0.4 is 4.90 Å². The van der Waals surface area contributed by atoms with Gasteiger partial charge in [-0.05, 0) is 81.3 Å². The summed E-state index contributed by atoms with van der Waals surface area (Å²) in [5.74, 6) is -1.98. The molecule has 6 rings (SSSR count). The Kier molecular flexibility index (Phi) is 8.54. The fraction of sp³-hybridized carbons (Fsp3) is 0.324. The smallest absolute Gasteiger partial charge is 0.410 e. The summed E-state index contributed by atoms with van der Waals surface area (Å²) < 4.78 is 23.0. The third-order valence-electron chi connectivity index (χ3n) is 7.93. The zero-order chi connectivity index (χ0) is 33.3. The number of carboxylic acids is 1. The second kappa shape index (κ2) is 12.7. The lowest BCUT2D eigenvalue weighted by Gasteiger charge is -2.39. The Labute approximate surface area is 269 Å². The molecule has 1 saturated heterocycles. The number of piperidine rings is 1. The molecule has 242 valence electrons. The van der Waals surface area contributed by atoms with Crippen molar-refractivity contribution >= 4 is 45.7 Å². The predicted octanol–water partition coefficient (Wildman–Crippen LogP) is 5.57. The molecule has 0 radical (unpaired) electrons. The molecule has 47 heavy (non-hydrogen) atoms. The Morgan fingerprint density at radius 3 is 2.66 bits per heavy atom. The van der Waals surface area contributed by atoms with Crippen molar-refractivity contribution in [2.75, 3.05) is 18.0 Å². The maximum atomic E-state index is 16.0. The summed E-state index contributed by atoms with van der Waals surface area (Å²) in [4.78, 5) is 50.6. The predicted molar refractivity (Wildman–Crippen MR) is 172 cm³/mol. The lowest BCUT2D eigenvalue weighted by atomic mass is 10.00. The van der Waals surface area contributed by atoms with E-state index < -0.39 is 35.4 Å². The number of carbonyl (C=O) groups is 3. The van der Waals surface area contributed by atoms with Gasteiger partial charge in [-0.2, -0.15) is 4.68 Å². The molecule has 1 fully saturated rings. The molecular formula is C34H34FN7O5. The van der Waals surface area contributed by atoms with Crippen molar-refractivity contribution in [3.63, 3.8) is 0 Å². The molecule has 0 aliphatic carbocycles. The summed E-state index contributed by atoms with van der Waals surface area (Å²) in [6.07, 6.45) is 4.11. The number of rotatable bonds is 7. The van der Waals surface area contributed by atoms with Gasteiger partial charge < -0.3 is 14.7 Å². The van der Waals surface area contributed by atoms with E-state index in [1.54, 1.807) is 74.5 Å². The molecule has 1 N–H and O–H groups in total. The first kappa shape index (κ1) is 31.5. The number of halogens is 1. The van der Waals surface area contributed by atoms with Crippen LogP contribution in [0, 0.1) is 5.82 Å². The zero-order valence-corrected chi connectivity index (χ0v) is 26.3. The van der Waals surface area contributed by atoms with Crippen LogP contribution in [0.5, 0.6) is 0 Å². The fourth-order valence-electron chi connectivity index (χ4n) is 5.78. The Hall–Kier alpha value is -5.46. The number of aliphatic carboxylic acids is 1. The van der Waals surface area contributed by atoms with Gasteiger partial charge in [0.1, 0.15) is 22.8 Å². The summed E-state index contributed by atoms with van der Waals surface area (Å²) in [5, 5.41) is 18.7. The standard InChI is InChI=1S/C34H34FN7O5/c1-34(2,3)47-33(46)40-17-5-6-24(20-40)41(30-25-11-8-21(9-13-29(43)44)18-22(25)14-16-37-30)32(45)26-12-10-23(19-27(26)35)42-31-28(38-39-42)7-4-15-36-31/h4,7-8,10-12,14-16,18-19,24H,5-6,9,13,17,20H2,1-3H3,(H,43,44)/t24-/m1/s1. The molecule has 0 unspecified atom stereocenters. The summed E-state index contributed by atoms with van der Waals surface area (Å²) in [6, 6.07) is 14.4. The van der Waals surface area contributed by atoms with Crippen molar-refractivity contribution in [3.05, 3.63) is 83.9 Å². The maximum absolute atomic E-state index is 16.0. The number of carboxylic acid groups (broad SMARTS) is 1. The van der Waals surface area contributed by atoms with Crippen LogP contribution in [0.2, 0.25) is 0 Å². The number of pyridine rings is 2. The highest BCUT2D eigenvalue weighted by atomic mass is 19.1. The quantitative estimate of drug-likeness (QED) is 0.242. The largest absolute Gasteiger partial charge is 0.481 e. The van der Waals surface area contributed by atoms with Crippen LogP contribution in [0.25, 0.3) is 27.6 Å². The summed E-state index contributed by atoms with van der Waals surface area (Å²) in [5.41, 5.74) is 1.26. The van der Waals surface area contributed by atoms with E-state index in [0.717, 1.165) is 10.9 Å². The molecule has 1 aliphatic heterocycles. The molecule has 13 heteroatoms. The minimum Gasteiger partial charge on any atom is -0.481 e. The van der Waals surface area contributed by atoms with Crippen molar-refractivity contribution in [1.29, 1.82) is 0 Å². The molecule has 0 saturated carbocycles. The van der Waals surface area contributed by atoms with Crippen molar-refractivity contribution in [1.82, 2.24) is 29.9 Å². The van der Waals surface area contributed by atoms with Gasteiger partial charge in [-0.25, -0.2) is 19.2 Å². The first-order valence-corrected chi connectivity index (χ1v) is 15.4. The van der Waals surface area contributed by atoms with E-state index in [-0.39, 0.29) is 18.5 Å². The number of hydrogen-bond acceptors (Lipinski definition) is 8. The second-order valence-corrected chi connectivity index (χ2v) is 12.5. The molecule has 2 aromatic carbocycles. The van der Waals surface area contributed by atoms with Crippen molar-refractivity contribution < 1.29 is 28.6 Å². The Morgan fingerprint density at radius 1 is 1.06 bits per heavy atom. The first-order chi connectivity index (χ1) is 22.5. The number of fused-ring (bicyclic) bond motifs is 2. The lowest BCUT2D eigenvalue weighted by molar-refractivity contribution is -0.136. The highest BCUT2D eigenvalue weighted by molar-refractivity contribution is 6.10. The van der Waals surface area contributed by atoms with E-state index >= 15 is 4.39 Å². The van der Waals surface area contributed by atoms with Crippen LogP contribution in [-0.4, -0.2) is 77.7 Å². The second-order valence-electron chi connectivity index (χ2n) is 12.5. The zero-order valence-electron chi connectivity index (χ0n) is 26.3. The number of carbonyl (C=O) groups excluding carboxylic acids is 2. The number of hydrogen-bond donors (Lipinski definition) is 1. The van der Waals surface area contributed by atoms with Gasteiger partial charge in [-0.1, -0.05) is 23.4 Å². The Balaban J connectivity index is 1.40. The van der Waals surface area contributed by atoms with Gasteiger partial charge in [0, 0.05) is 43.4 Å². The van der Waals surface area contributed by atoms with Gasteiger partial charge in [0.05, 0.1) is 17.3 Å². The molecule has 2 amide bonds. The summed E-state index contributed by atoms with van der Waals surface area (Å²) >= 11 is 0. The van der Waals surface area contributed by atoms with Crippen LogP contribution in [0.15, 0.2) is 67.0 Å². The van der Waals surface area contributed by atoms with E-state index in [0.29, 0.717) is 53.9 Å². The number of nitrogens with zero attached hydrogens (tertiary/aromatic N) is 7. The SMILES string of the molecule is CC(C)(C)OC(=O)N1CCC[C@@H](N(C(=O)c2ccc(-n3nnc4cccnc43)cc2F)c2nccc3cc(CCC(=O)O)ccc23)C1. The average Bonchev–Trinajstić information content (AvgIpc) is 3.47. The maximum Gasteiger partial charge on any atom is 0.410 e. The van der Waals surface area contributed by atoms with E-state index in [2.05, 4.69) is 20.3 Å². The monoisotopic (exact) mass is 639 g/mol. The number of benzene rings is 2. The highest BCUT2D eigenvalue weighted by Crippen LogP contribution is 2.32. The minimum atomic E-state index is -0.898. The summed E-state index contributed by atoms with van der Waals surface area (Å²) in [7, 11) is 0. The topological polar surface area (TPSA) is 144 Å². The first-order valence-electron chi connectivity index (χ1n) is 15.4. The van der Waals surface area contributed by atoms with Crippen LogP contribution in [0.4, 0.5) is 15.0 Å². The fourth-order valence-corrected chi connectivity index (χ4v) is 5.78. The summed E-state index contributed by atoms with van der Waals surface area (Å²) in [6.45, 7) is 5.98. The van der Waals surface area contributed by atoms with Gasteiger partial charge in [0.2, 0.25) is 0 Å². The number of amides is 2. The van der Waals surface area contributed by atoms with Gasteiger partial charge in [0.25, 0.3) is 5.91 Å². The Morgan fingerprint density at radius 2 is 1.89 bits per heavy atom. The molecule has 12 nitrogen and oxygen atoms in total. The van der Waals surface area contributed by atoms with Crippen LogP contribution in [-0.2, 0) is 16.0 Å². The molecule has 1 atom stereocenters. The number of ether oxygens (including phenoxy) is 1. The van der Waals surface area contributed by atoms with Gasteiger partial charge in [-0.3, -0.25) is 14.5 Å². The molecule has 1 aliphatic rings. The van der Waals surface area contributed by atoms with Crippen molar-refractivity contribution in [2.24, 2.45) is 0 Å². The highest BCUT2D eigenvalue weighted by Gasteiger charge is 2.36. The molecule has 4 heterocycles. The van der Waals surface area contributed by atoms with Gasteiger partial charge in [0.15, 0.2) is 5.65 Å². The van der Waals surface area contributed by atoms with Crippen LogP contribution in [0.1, 0.15) is 56.0 Å². The van der Waals surface area contributed by atoms with Gasteiger partial charge >= 0.3 is 12.1 Å². The minimum absolute atomic E-state index is 0.0215. The normalized spacial score (nSPS) is 15.1. The van der Waals surface area contributed by atoms with Gasteiger partial charge in [-0.15, -0.1) is 5.10 Å². The number of aryl methyl sites for hydroxylation is 1. The van der Waals surface area contributed by atoms with Crippen molar-refractivity contribution in [3.8, 4) is 5.69 Å². The molecule has 5 aromatic rings. The third-order valence-corrected chi connectivity index (χ3v) is 7.93. The number of likely N-dealkylation sites (tertiary alicyclic amines) is 1. The van der Waals surface area contributed by atoms with Crippen LogP contribution in [0.3, 0.4) is 0 Å².